The molecule has 0 bridgehead atoms. The van der Waals surface area contributed by atoms with E-state index < -0.39 is 0 Å². The van der Waals surface area contributed by atoms with Crippen molar-refractivity contribution in [3.05, 3.63) is 30.1 Å². The van der Waals surface area contributed by atoms with Gasteiger partial charge in [-0.1, -0.05) is 19.4 Å². The Morgan fingerprint density at radius 3 is 2.88 bits per heavy atom. The summed E-state index contributed by atoms with van der Waals surface area (Å²) in [5.74, 6) is -0.292. The van der Waals surface area contributed by atoms with Gasteiger partial charge in [0.05, 0.1) is 0 Å². The molecule has 0 heterocycles. The van der Waals surface area contributed by atoms with Gasteiger partial charge in [-0.15, -0.1) is 0 Å². The summed E-state index contributed by atoms with van der Waals surface area (Å²) in [7, 11) is 0. The highest BCUT2D eigenvalue weighted by atomic mass is 19.1. The maximum atomic E-state index is 12.8. The van der Waals surface area contributed by atoms with Gasteiger partial charge in [-0.05, 0) is 30.7 Å². The molecule has 0 saturated carbocycles. The third-order valence-electron chi connectivity index (χ3n) is 2.49. The van der Waals surface area contributed by atoms with Crippen molar-refractivity contribution in [2.75, 3.05) is 11.9 Å². The van der Waals surface area contributed by atoms with Crippen LogP contribution < -0.4 is 11.1 Å². The maximum Gasteiger partial charge on any atom is 0.224 e. The van der Waals surface area contributed by atoms with Crippen molar-refractivity contribution in [1.29, 1.82) is 0 Å². The van der Waals surface area contributed by atoms with Gasteiger partial charge in [0.15, 0.2) is 0 Å². The predicted molar refractivity (Wildman–Crippen MR) is 62.5 cm³/mol. The van der Waals surface area contributed by atoms with E-state index in [1.165, 1.54) is 12.1 Å². The summed E-state index contributed by atoms with van der Waals surface area (Å²) < 4.78 is 12.8. The summed E-state index contributed by atoms with van der Waals surface area (Å²) in [6.07, 6.45) is 1.25. The Kier molecular flexibility index (Phi) is 4.92. The minimum atomic E-state index is -0.358. The molecule has 1 amide bonds. The summed E-state index contributed by atoms with van der Waals surface area (Å²) in [5.41, 5.74) is 5.99. The van der Waals surface area contributed by atoms with Crippen LogP contribution in [-0.4, -0.2) is 12.5 Å². The first kappa shape index (κ1) is 12.6. The van der Waals surface area contributed by atoms with Gasteiger partial charge < -0.3 is 11.1 Å². The summed E-state index contributed by atoms with van der Waals surface area (Å²) >= 11 is 0. The maximum absolute atomic E-state index is 12.8. The van der Waals surface area contributed by atoms with Crippen LogP contribution in [0.2, 0.25) is 0 Å². The van der Waals surface area contributed by atoms with Crippen LogP contribution in [0.15, 0.2) is 24.3 Å². The van der Waals surface area contributed by atoms with E-state index in [1.54, 1.807) is 12.1 Å². The highest BCUT2D eigenvalue weighted by Gasteiger charge is 2.10. The van der Waals surface area contributed by atoms with Crippen LogP contribution >= 0.6 is 0 Å². The Labute approximate surface area is 94.8 Å². The Hall–Kier alpha value is -1.42. The number of carbonyl (C=O) groups is 1. The van der Waals surface area contributed by atoms with Gasteiger partial charge in [-0.3, -0.25) is 4.79 Å². The molecule has 1 atom stereocenters. The molecule has 1 aromatic rings. The average molecular weight is 224 g/mol. The first-order valence-electron chi connectivity index (χ1n) is 5.41. The zero-order valence-corrected chi connectivity index (χ0v) is 9.37. The molecule has 88 valence electrons. The second-order valence-electron chi connectivity index (χ2n) is 3.77. The number of hydrogen-bond donors (Lipinski definition) is 2. The molecule has 0 aliphatic carbocycles. The molecule has 16 heavy (non-hydrogen) atoms. The monoisotopic (exact) mass is 224 g/mol. The molecule has 0 spiro atoms. The average Bonchev–Trinajstić information content (AvgIpc) is 2.26. The smallest absolute Gasteiger partial charge is 0.224 e. The number of benzene rings is 1. The zero-order valence-electron chi connectivity index (χ0n) is 9.37. The predicted octanol–water partition coefficient (Wildman–Crippen LogP) is 2.14. The fourth-order valence-corrected chi connectivity index (χ4v) is 1.43. The molecule has 0 saturated heterocycles. The molecule has 0 aliphatic heterocycles. The van der Waals surface area contributed by atoms with E-state index in [4.69, 9.17) is 5.73 Å². The van der Waals surface area contributed by atoms with Gasteiger partial charge in [-0.25, -0.2) is 4.39 Å². The van der Waals surface area contributed by atoms with Crippen molar-refractivity contribution < 1.29 is 9.18 Å². The third-order valence-corrected chi connectivity index (χ3v) is 2.49. The number of hydrogen-bond acceptors (Lipinski definition) is 2. The zero-order chi connectivity index (χ0) is 12.0. The number of halogens is 1. The SMILES string of the molecule is CCC(CN)CC(=O)Nc1cccc(F)c1. The fourth-order valence-electron chi connectivity index (χ4n) is 1.43. The van der Waals surface area contributed by atoms with Crippen molar-refractivity contribution in [2.24, 2.45) is 11.7 Å². The molecule has 1 aromatic carbocycles. The Morgan fingerprint density at radius 2 is 2.31 bits per heavy atom. The summed E-state index contributed by atoms with van der Waals surface area (Å²) in [6.45, 7) is 2.49. The van der Waals surface area contributed by atoms with Gasteiger partial charge in [-0.2, -0.15) is 0 Å². The third kappa shape index (κ3) is 3.98. The highest BCUT2D eigenvalue weighted by Crippen LogP contribution is 2.12. The Balaban J connectivity index is 2.51. The Morgan fingerprint density at radius 1 is 1.56 bits per heavy atom. The lowest BCUT2D eigenvalue weighted by atomic mass is 10.0. The van der Waals surface area contributed by atoms with Crippen molar-refractivity contribution >= 4 is 11.6 Å². The van der Waals surface area contributed by atoms with E-state index in [1.807, 2.05) is 6.92 Å². The van der Waals surface area contributed by atoms with Crippen LogP contribution in [-0.2, 0) is 4.79 Å². The highest BCUT2D eigenvalue weighted by molar-refractivity contribution is 5.90. The Bertz CT molecular complexity index is 351. The molecular formula is C12H17FN2O. The van der Waals surface area contributed by atoms with E-state index in [0.29, 0.717) is 18.7 Å². The number of nitrogens with one attached hydrogen (secondary N) is 1. The van der Waals surface area contributed by atoms with Gasteiger partial charge in [0.25, 0.3) is 0 Å². The number of amides is 1. The van der Waals surface area contributed by atoms with Gasteiger partial charge in [0, 0.05) is 12.1 Å². The minimum Gasteiger partial charge on any atom is -0.330 e. The van der Waals surface area contributed by atoms with Crippen LogP contribution in [0.3, 0.4) is 0 Å². The molecule has 0 aromatic heterocycles. The van der Waals surface area contributed by atoms with E-state index >= 15 is 0 Å². The number of nitrogens with two attached hydrogens (primary N) is 1. The lowest BCUT2D eigenvalue weighted by Gasteiger charge is -2.11. The summed E-state index contributed by atoms with van der Waals surface area (Å²) in [5, 5.41) is 2.65. The second-order valence-corrected chi connectivity index (χ2v) is 3.77. The quantitative estimate of drug-likeness (QED) is 0.805. The lowest BCUT2D eigenvalue weighted by molar-refractivity contribution is -0.117. The van der Waals surface area contributed by atoms with Crippen LogP contribution in [0, 0.1) is 11.7 Å². The summed E-state index contributed by atoms with van der Waals surface area (Å²) in [4.78, 5) is 11.6. The molecule has 0 fully saturated rings. The van der Waals surface area contributed by atoms with Crippen LogP contribution in [0.4, 0.5) is 10.1 Å². The molecule has 4 heteroatoms. The molecule has 1 rings (SSSR count). The first-order valence-corrected chi connectivity index (χ1v) is 5.41. The largest absolute Gasteiger partial charge is 0.330 e. The van der Waals surface area contributed by atoms with Gasteiger partial charge in [0.1, 0.15) is 5.82 Å². The van der Waals surface area contributed by atoms with E-state index in [9.17, 15) is 9.18 Å². The fraction of sp³-hybridized carbons (Fsp3) is 0.417. The number of carbonyl (C=O) groups excluding carboxylic acids is 1. The normalized spacial score (nSPS) is 12.2. The van der Waals surface area contributed by atoms with Crippen molar-refractivity contribution in [1.82, 2.24) is 0 Å². The van der Waals surface area contributed by atoms with Crippen molar-refractivity contribution in [2.45, 2.75) is 19.8 Å². The number of anilines is 1. The van der Waals surface area contributed by atoms with Gasteiger partial charge >= 0.3 is 0 Å². The molecule has 3 nitrogen and oxygen atoms in total. The van der Waals surface area contributed by atoms with Crippen molar-refractivity contribution in [3.63, 3.8) is 0 Å². The van der Waals surface area contributed by atoms with E-state index in [-0.39, 0.29) is 17.6 Å². The molecule has 1 unspecified atom stereocenters. The molecule has 0 aliphatic rings. The van der Waals surface area contributed by atoms with Crippen LogP contribution in [0.25, 0.3) is 0 Å². The van der Waals surface area contributed by atoms with E-state index in [0.717, 1.165) is 6.42 Å². The number of rotatable bonds is 5. The lowest BCUT2D eigenvalue weighted by Crippen LogP contribution is -2.21. The van der Waals surface area contributed by atoms with Crippen LogP contribution in [0.5, 0.6) is 0 Å². The first-order chi connectivity index (χ1) is 7.65. The standard InChI is InChI=1S/C12H17FN2O/c1-2-9(8-14)6-12(16)15-11-5-3-4-10(13)7-11/h3-5,7,9H,2,6,8,14H2,1H3,(H,15,16). The minimum absolute atomic E-state index is 0.122. The van der Waals surface area contributed by atoms with Gasteiger partial charge in [0.2, 0.25) is 5.91 Å². The molecule has 0 radical (unpaired) electrons. The summed E-state index contributed by atoms with van der Waals surface area (Å²) in [6, 6.07) is 5.85. The second kappa shape index (κ2) is 6.23. The van der Waals surface area contributed by atoms with Crippen LogP contribution in [0.1, 0.15) is 19.8 Å². The van der Waals surface area contributed by atoms with Crippen molar-refractivity contribution in [3.8, 4) is 0 Å². The molecule has 3 N–H and O–H groups in total. The van der Waals surface area contributed by atoms with E-state index in [2.05, 4.69) is 5.32 Å². The topological polar surface area (TPSA) is 55.1 Å². The molecular weight excluding hydrogens is 207 g/mol.